The molecule has 8 nitrogen and oxygen atoms in total. The van der Waals surface area contributed by atoms with Crippen LogP contribution in [0.5, 0.6) is 0 Å². The van der Waals surface area contributed by atoms with Crippen molar-refractivity contribution in [2.24, 2.45) is 0 Å². The molecule has 2 aliphatic rings. The van der Waals surface area contributed by atoms with Gasteiger partial charge in [-0.2, -0.15) is 4.31 Å². The van der Waals surface area contributed by atoms with E-state index in [-0.39, 0.29) is 10.8 Å². The van der Waals surface area contributed by atoms with Crippen LogP contribution in [-0.2, 0) is 24.3 Å². The van der Waals surface area contributed by atoms with Gasteiger partial charge in [0.2, 0.25) is 15.9 Å². The number of carbonyl (C=O) groups excluding carboxylic acids is 1. The lowest BCUT2D eigenvalue weighted by molar-refractivity contribution is -0.111. The Bertz CT molecular complexity index is 1210. The fourth-order valence-corrected chi connectivity index (χ4v) is 5.73. The van der Waals surface area contributed by atoms with E-state index in [2.05, 4.69) is 29.3 Å². The second kappa shape index (κ2) is 10.9. The van der Waals surface area contributed by atoms with Gasteiger partial charge in [0.15, 0.2) is 0 Å². The minimum absolute atomic E-state index is 0.153. The highest BCUT2D eigenvalue weighted by molar-refractivity contribution is 7.89. The summed E-state index contributed by atoms with van der Waals surface area (Å²) in [6.45, 7) is 9.97. The number of anilines is 2. The molecule has 2 aromatic carbocycles. The fraction of sp³-hybridized carbons (Fsp3) is 0.423. The maximum Gasteiger partial charge on any atom is 0.248 e. The number of nitrogens with zero attached hydrogens (tertiary/aromatic N) is 2. The summed E-state index contributed by atoms with van der Waals surface area (Å²) >= 11 is 0. The van der Waals surface area contributed by atoms with Gasteiger partial charge in [-0.05, 0) is 67.3 Å². The zero-order valence-corrected chi connectivity index (χ0v) is 21.4. The lowest BCUT2D eigenvalue weighted by Crippen LogP contribution is -2.40. The van der Waals surface area contributed by atoms with Crippen molar-refractivity contribution >= 4 is 33.4 Å². The largest absolute Gasteiger partial charge is 0.379 e. The summed E-state index contributed by atoms with van der Waals surface area (Å²) in [6.07, 6.45) is 3.28. The molecule has 2 saturated heterocycles. The number of benzene rings is 2. The van der Waals surface area contributed by atoms with E-state index in [1.807, 2.05) is 13.8 Å². The van der Waals surface area contributed by atoms with Gasteiger partial charge in [-0.3, -0.25) is 4.79 Å². The smallest absolute Gasteiger partial charge is 0.248 e. The van der Waals surface area contributed by atoms with Gasteiger partial charge in [0, 0.05) is 32.3 Å². The first-order chi connectivity index (χ1) is 16.8. The molecule has 0 aromatic heterocycles. The van der Waals surface area contributed by atoms with Gasteiger partial charge < -0.3 is 19.7 Å². The van der Waals surface area contributed by atoms with Crippen LogP contribution in [0, 0.1) is 20.8 Å². The Morgan fingerprint density at radius 2 is 1.51 bits per heavy atom. The maximum absolute atomic E-state index is 13.2. The maximum atomic E-state index is 13.2. The molecule has 0 bridgehead atoms. The van der Waals surface area contributed by atoms with Crippen molar-refractivity contribution in [3.8, 4) is 0 Å². The van der Waals surface area contributed by atoms with E-state index in [1.54, 1.807) is 24.3 Å². The van der Waals surface area contributed by atoms with Crippen molar-refractivity contribution < 1.29 is 22.7 Å². The summed E-state index contributed by atoms with van der Waals surface area (Å²) in [5.41, 5.74) is 5.67. The average molecular weight is 500 g/mol. The quantitative estimate of drug-likeness (QED) is 0.615. The van der Waals surface area contributed by atoms with Crippen molar-refractivity contribution in [1.29, 1.82) is 0 Å². The molecule has 0 radical (unpaired) electrons. The number of carbonyl (C=O) groups is 1. The van der Waals surface area contributed by atoms with E-state index < -0.39 is 10.0 Å². The first-order valence-electron chi connectivity index (χ1n) is 11.9. The number of aryl methyl sites for hydroxylation is 3. The summed E-state index contributed by atoms with van der Waals surface area (Å²) < 4.78 is 38.6. The molecule has 0 unspecified atom stereocenters. The average Bonchev–Trinajstić information content (AvgIpc) is 2.86. The Morgan fingerprint density at radius 1 is 0.886 bits per heavy atom. The normalized spacial score (nSPS) is 17.6. The Balaban J connectivity index is 1.62. The number of hydrogen-bond acceptors (Lipinski definition) is 6. The minimum Gasteiger partial charge on any atom is -0.379 e. The summed E-state index contributed by atoms with van der Waals surface area (Å²) in [5.74, 6) is -0.321. The van der Waals surface area contributed by atoms with E-state index in [9.17, 15) is 13.2 Å². The van der Waals surface area contributed by atoms with Crippen molar-refractivity contribution in [3.05, 3.63) is 58.7 Å². The summed E-state index contributed by atoms with van der Waals surface area (Å²) in [4.78, 5) is 15.2. The third-order valence-corrected chi connectivity index (χ3v) is 8.38. The van der Waals surface area contributed by atoms with Crippen LogP contribution in [0.15, 0.2) is 41.3 Å². The first kappa shape index (κ1) is 25.4. The number of nitrogens with one attached hydrogen (secondary N) is 1. The topological polar surface area (TPSA) is 88.2 Å². The van der Waals surface area contributed by atoms with E-state index in [0.29, 0.717) is 58.3 Å². The molecule has 1 N–H and O–H groups in total. The van der Waals surface area contributed by atoms with Crippen LogP contribution in [0.25, 0.3) is 6.08 Å². The zero-order chi connectivity index (χ0) is 25.0. The van der Waals surface area contributed by atoms with Gasteiger partial charge in [-0.1, -0.05) is 12.1 Å². The van der Waals surface area contributed by atoms with Crippen LogP contribution in [0.2, 0.25) is 0 Å². The molecule has 35 heavy (non-hydrogen) atoms. The number of sulfonamides is 1. The van der Waals surface area contributed by atoms with Crippen LogP contribution >= 0.6 is 0 Å². The highest BCUT2D eigenvalue weighted by Crippen LogP contribution is 2.31. The molecule has 188 valence electrons. The van der Waals surface area contributed by atoms with Crippen LogP contribution in [0.1, 0.15) is 22.3 Å². The standard InChI is InChI=1S/C26H33N3O5S/c1-19-16-21(3)22(17-20(19)2)4-7-26(30)27-24-18-23(35(31,32)29-10-14-34-15-11-29)5-6-25(24)28-8-12-33-13-9-28/h4-7,16-18H,8-15H2,1-3H3,(H,27,30)/b7-4+. The Hall–Kier alpha value is -2.72. The third kappa shape index (κ3) is 5.92. The molecule has 0 saturated carbocycles. The number of hydrogen-bond donors (Lipinski definition) is 1. The number of morpholine rings is 2. The van der Waals surface area contributed by atoms with E-state index in [0.717, 1.165) is 22.4 Å². The van der Waals surface area contributed by atoms with Crippen molar-refractivity contribution in [3.63, 3.8) is 0 Å². The second-order valence-electron chi connectivity index (χ2n) is 8.91. The molecule has 1 amide bonds. The molecule has 2 aromatic rings. The van der Waals surface area contributed by atoms with E-state index in [1.165, 1.54) is 15.9 Å². The van der Waals surface area contributed by atoms with Crippen LogP contribution in [0.3, 0.4) is 0 Å². The van der Waals surface area contributed by atoms with Crippen molar-refractivity contribution in [1.82, 2.24) is 4.31 Å². The number of rotatable bonds is 6. The summed E-state index contributed by atoms with van der Waals surface area (Å²) in [7, 11) is -3.70. The molecule has 4 rings (SSSR count). The number of amides is 1. The van der Waals surface area contributed by atoms with Gasteiger partial charge >= 0.3 is 0 Å². The van der Waals surface area contributed by atoms with Crippen LogP contribution < -0.4 is 10.2 Å². The van der Waals surface area contributed by atoms with Crippen molar-refractivity contribution in [2.75, 3.05) is 62.8 Å². The van der Waals surface area contributed by atoms with Gasteiger partial charge in [-0.25, -0.2) is 8.42 Å². The third-order valence-electron chi connectivity index (χ3n) is 6.48. The zero-order valence-electron chi connectivity index (χ0n) is 20.5. The predicted octanol–water partition coefficient (Wildman–Crippen LogP) is 3.12. The molecule has 0 atom stereocenters. The SMILES string of the molecule is Cc1cc(C)c(/C=C/C(=O)Nc2cc(S(=O)(=O)N3CCOCC3)ccc2N2CCOCC2)cc1C. The van der Waals surface area contributed by atoms with Gasteiger partial charge in [-0.15, -0.1) is 0 Å². The van der Waals surface area contributed by atoms with Crippen molar-refractivity contribution in [2.45, 2.75) is 25.7 Å². The molecule has 0 spiro atoms. The predicted molar refractivity (Wildman–Crippen MR) is 137 cm³/mol. The van der Waals surface area contributed by atoms with Gasteiger partial charge in [0.1, 0.15) is 0 Å². The second-order valence-corrected chi connectivity index (χ2v) is 10.8. The summed E-state index contributed by atoms with van der Waals surface area (Å²) in [6, 6.07) is 9.10. The number of ether oxygens (including phenoxy) is 2. The first-order valence-corrected chi connectivity index (χ1v) is 13.3. The molecular formula is C26H33N3O5S. The minimum atomic E-state index is -3.70. The Kier molecular flexibility index (Phi) is 7.91. The fourth-order valence-electron chi connectivity index (χ4n) is 4.29. The molecule has 9 heteroatoms. The van der Waals surface area contributed by atoms with Gasteiger partial charge in [0.25, 0.3) is 0 Å². The molecular weight excluding hydrogens is 466 g/mol. The van der Waals surface area contributed by atoms with E-state index >= 15 is 0 Å². The lowest BCUT2D eigenvalue weighted by Gasteiger charge is -2.31. The summed E-state index contributed by atoms with van der Waals surface area (Å²) in [5, 5.41) is 2.92. The molecule has 2 fully saturated rings. The van der Waals surface area contributed by atoms with Gasteiger partial charge in [0.05, 0.1) is 42.7 Å². The molecule has 2 aliphatic heterocycles. The lowest BCUT2D eigenvalue weighted by atomic mass is 10.0. The molecule has 0 aliphatic carbocycles. The van der Waals surface area contributed by atoms with Crippen LogP contribution in [-0.4, -0.2) is 71.2 Å². The molecule has 2 heterocycles. The van der Waals surface area contributed by atoms with Crippen LogP contribution in [0.4, 0.5) is 11.4 Å². The highest BCUT2D eigenvalue weighted by atomic mass is 32.2. The Morgan fingerprint density at radius 3 is 2.20 bits per heavy atom. The van der Waals surface area contributed by atoms with E-state index in [4.69, 9.17) is 9.47 Å². The highest BCUT2D eigenvalue weighted by Gasteiger charge is 2.28. The Labute approximate surface area is 207 Å². The monoisotopic (exact) mass is 499 g/mol.